The van der Waals surface area contributed by atoms with Crippen LogP contribution < -0.4 is 10.6 Å². The Hall–Kier alpha value is -2.08. The highest BCUT2D eigenvalue weighted by Gasteiger charge is 2.12. The molecule has 2 aromatic heterocycles. The maximum atomic E-state index is 5.80. The van der Waals surface area contributed by atoms with Crippen molar-refractivity contribution < 1.29 is 4.74 Å². The summed E-state index contributed by atoms with van der Waals surface area (Å²) in [5.74, 6) is 1.57. The molecule has 0 radical (unpaired) electrons. The van der Waals surface area contributed by atoms with E-state index in [2.05, 4.69) is 15.0 Å². The lowest BCUT2D eigenvalue weighted by atomic mass is 10.3. The Labute approximate surface area is 105 Å². The van der Waals surface area contributed by atoms with Crippen molar-refractivity contribution in [3.05, 3.63) is 30.6 Å². The minimum Gasteiger partial charge on any atom is -0.384 e. The topological polar surface area (TPSA) is 69.2 Å². The number of anilines is 2. The van der Waals surface area contributed by atoms with Crippen LogP contribution in [-0.2, 0) is 4.74 Å². The maximum Gasteiger partial charge on any atom is 0.128 e. The van der Waals surface area contributed by atoms with E-state index in [4.69, 9.17) is 10.5 Å². The van der Waals surface area contributed by atoms with Crippen molar-refractivity contribution in [1.82, 2.24) is 14.8 Å². The molecule has 1 fully saturated rings. The first kappa shape index (κ1) is 11.0. The molecule has 1 saturated heterocycles. The van der Waals surface area contributed by atoms with Crippen molar-refractivity contribution >= 4 is 11.6 Å². The summed E-state index contributed by atoms with van der Waals surface area (Å²) in [5, 5.41) is 4.15. The molecule has 0 bridgehead atoms. The predicted molar refractivity (Wildman–Crippen MR) is 68.8 cm³/mol. The van der Waals surface area contributed by atoms with Crippen molar-refractivity contribution in [2.45, 2.75) is 0 Å². The van der Waals surface area contributed by atoms with Crippen molar-refractivity contribution in [3.8, 4) is 5.69 Å². The molecule has 1 aliphatic heterocycles. The molecule has 6 nitrogen and oxygen atoms in total. The molecule has 2 aromatic rings. The fourth-order valence-corrected chi connectivity index (χ4v) is 2.01. The highest BCUT2D eigenvalue weighted by molar-refractivity contribution is 5.46. The first-order chi connectivity index (χ1) is 8.84. The lowest BCUT2D eigenvalue weighted by molar-refractivity contribution is 0.122. The van der Waals surface area contributed by atoms with Crippen LogP contribution in [0.5, 0.6) is 0 Å². The number of ether oxygens (including phenoxy) is 1. The molecule has 6 heteroatoms. The Morgan fingerprint density at radius 1 is 1.17 bits per heavy atom. The fraction of sp³-hybridized carbons (Fsp3) is 0.333. The van der Waals surface area contributed by atoms with Gasteiger partial charge in [-0.25, -0.2) is 9.67 Å². The molecule has 0 aliphatic carbocycles. The standard InChI is InChI=1S/C12H15N5O/c13-11-3-4-15-17(11)10-1-2-12(14-9-10)16-5-7-18-8-6-16/h1-4,9H,5-8,13H2. The zero-order chi connectivity index (χ0) is 12.4. The number of hydrogen-bond acceptors (Lipinski definition) is 5. The smallest absolute Gasteiger partial charge is 0.128 e. The summed E-state index contributed by atoms with van der Waals surface area (Å²) in [6, 6.07) is 5.72. The molecule has 18 heavy (non-hydrogen) atoms. The number of hydrogen-bond donors (Lipinski definition) is 1. The summed E-state index contributed by atoms with van der Waals surface area (Å²) in [6.45, 7) is 3.29. The Bertz CT molecular complexity index is 516. The number of nitrogens with zero attached hydrogens (tertiary/aromatic N) is 4. The molecule has 0 aromatic carbocycles. The molecule has 0 unspecified atom stereocenters. The van der Waals surface area contributed by atoms with Crippen molar-refractivity contribution in [3.63, 3.8) is 0 Å². The molecule has 0 saturated carbocycles. The molecule has 0 spiro atoms. The van der Waals surface area contributed by atoms with Gasteiger partial charge in [0.2, 0.25) is 0 Å². The molecule has 0 atom stereocenters. The van der Waals surface area contributed by atoms with Crippen molar-refractivity contribution in [2.24, 2.45) is 0 Å². The first-order valence-electron chi connectivity index (χ1n) is 5.93. The van der Waals surface area contributed by atoms with E-state index in [1.54, 1.807) is 23.1 Å². The normalized spacial score (nSPS) is 15.9. The third kappa shape index (κ3) is 2.02. The van der Waals surface area contributed by atoms with Gasteiger partial charge in [-0.05, 0) is 12.1 Å². The second-order valence-electron chi connectivity index (χ2n) is 4.14. The van der Waals surface area contributed by atoms with Crippen LogP contribution in [0.25, 0.3) is 5.69 Å². The largest absolute Gasteiger partial charge is 0.384 e. The maximum absolute atomic E-state index is 5.80. The van der Waals surface area contributed by atoms with Gasteiger partial charge in [0, 0.05) is 19.2 Å². The molecule has 2 N–H and O–H groups in total. The zero-order valence-electron chi connectivity index (χ0n) is 9.99. The number of morpholine rings is 1. The van der Waals surface area contributed by atoms with Crippen LogP contribution in [0.4, 0.5) is 11.6 Å². The number of nitrogens with two attached hydrogens (primary N) is 1. The Morgan fingerprint density at radius 2 is 2.00 bits per heavy atom. The predicted octanol–water partition coefficient (Wildman–Crippen LogP) is 0.686. The van der Waals surface area contributed by atoms with Crippen molar-refractivity contribution in [2.75, 3.05) is 36.9 Å². The molecule has 3 rings (SSSR count). The number of rotatable bonds is 2. The summed E-state index contributed by atoms with van der Waals surface area (Å²) in [4.78, 5) is 6.66. The quantitative estimate of drug-likeness (QED) is 0.842. The van der Waals surface area contributed by atoms with E-state index in [9.17, 15) is 0 Å². The van der Waals surface area contributed by atoms with Crippen LogP contribution in [-0.4, -0.2) is 41.1 Å². The molecule has 3 heterocycles. The summed E-state index contributed by atoms with van der Waals surface area (Å²) in [6.07, 6.45) is 3.46. The molecule has 1 aliphatic rings. The van der Waals surface area contributed by atoms with Gasteiger partial charge in [0.05, 0.1) is 31.3 Å². The lowest BCUT2D eigenvalue weighted by Crippen LogP contribution is -2.36. The first-order valence-corrected chi connectivity index (χ1v) is 5.93. The zero-order valence-corrected chi connectivity index (χ0v) is 9.99. The van der Waals surface area contributed by atoms with Crippen LogP contribution >= 0.6 is 0 Å². The Kier molecular flexibility index (Phi) is 2.85. The number of nitrogen functional groups attached to an aromatic ring is 1. The van der Waals surface area contributed by atoms with Gasteiger partial charge < -0.3 is 15.4 Å². The van der Waals surface area contributed by atoms with Gasteiger partial charge in [-0.2, -0.15) is 5.10 Å². The number of aromatic nitrogens is 3. The number of pyridine rings is 1. The highest BCUT2D eigenvalue weighted by Crippen LogP contribution is 2.16. The van der Waals surface area contributed by atoms with Gasteiger partial charge in [0.1, 0.15) is 11.6 Å². The van der Waals surface area contributed by atoms with Gasteiger partial charge in [-0.3, -0.25) is 0 Å². The minimum atomic E-state index is 0.607. The molecular weight excluding hydrogens is 230 g/mol. The van der Waals surface area contributed by atoms with Crippen LogP contribution in [0.3, 0.4) is 0 Å². The second kappa shape index (κ2) is 4.66. The van der Waals surface area contributed by atoms with Crippen LogP contribution in [0.1, 0.15) is 0 Å². The average molecular weight is 245 g/mol. The SMILES string of the molecule is Nc1ccnn1-c1ccc(N2CCOCC2)nc1. The monoisotopic (exact) mass is 245 g/mol. The summed E-state index contributed by atoms with van der Waals surface area (Å²) in [7, 11) is 0. The fourth-order valence-electron chi connectivity index (χ4n) is 2.01. The van der Waals surface area contributed by atoms with E-state index in [0.717, 1.165) is 37.8 Å². The van der Waals surface area contributed by atoms with E-state index in [1.165, 1.54) is 0 Å². The average Bonchev–Trinajstić information content (AvgIpc) is 2.86. The molecule has 0 amide bonds. The highest BCUT2D eigenvalue weighted by atomic mass is 16.5. The van der Waals surface area contributed by atoms with E-state index < -0.39 is 0 Å². The van der Waals surface area contributed by atoms with Crippen LogP contribution in [0.2, 0.25) is 0 Å². The summed E-state index contributed by atoms with van der Waals surface area (Å²) in [5.41, 5.74) is 6.67. The van der Waals surface area contributed by atoms with Gasteiger partial charge in [0.25, 0.3) is 0 Å². The summed E-state index contributed by atoms with van der Waals surface area (Å²) >= 11 is 0. The van der Waals surface area contributed by atoms with Crippen LogP contribution in [0.15, 0.2) is 30.6 Å². The Balaban J connectivity index is 1.82. The second-order valence-corrected chi connectivity index (χ2v) is 4.14. The van der Waals surface area contributed by atoms with Gasteiger partial charge in [-0.15, -0.1) is 0 Å². The van der Waals surface area contributed by atoms with Gasteiger partial charge in [0.15, 0.2) is 0 Å². The van der Waals surface area contributed by atoms with E-state index >= 15 is 0 Å². The molecular formula is C12H15N5O. The van der Waals surface area contributed by atoms with E-state index in [-0.39, 0.29) is 0 Å². The third-order valence-electron chi connectivity index (χ3n) is 2.98. The molecule has 94 valence electrons. The van der Waals surface area contributed by atoms with Gasteiger partial charge >= 0.3 is 0 Å². The third-order valence-corrected chi connectivity index (χ3v) is 2.98. The lowest BCUT2D eigenvalue weighted by Gasteiger charge is -2.27. The minimum absolute atomic E-state index is 0.607. The van der Waals surface area contributed by atoms with E-state index in [0.29, 0.717) is 5.82 Å². The van der Waals surface area contributed by atoms with Crippen molar-refractivity contribution in [1.29, 1.82) is 0 Å². The summed E-state index contributed by atoms with van der Waals surface area (Å²) < 4.78 is 6.98. The van der Waals surface area contributed by atoms with Crippen LogP contribution in [0, 0.1) is 0 Å². The van der Waals surface area contributed by atoms with Gasteiger partial charge in [-0.1, -0.05) is 0 Å². The van der Waals surface area contributed by atoms with E-state index in [1.807, 2.05) is 12.1 Å². The Morgan fingerprint density at radius 3 is 2.61 bits per heavy atom.